The number of hydrogen-bond acceptors (Lipinski definition) is 6. The zero-order valence-electron chi connectivity index (χ0n) is 25.3. The van der Waals surface area contributed by atoms with Gasteiger partial charge < -0.3 is 19.5 Å². The molecule has 0 radical (unpaired) electrons. The molecule has 1 fully saturated rings. The number of fused-ring (bicyclic) bond motifs is 6. The number of benzene rings is 3. The lowest BCUT2D eigenvalue weighted by atomic mass is 9.93. The van der Waals surface area contributed by atoms with Crippen LogP contribution in [0.4, 0.5) is 0 Å². The molecule has 2 unspecified atom stereocenters. The van der Waals surface area contributed by atoms with E-state index in [2.05, 4.69) is 79.6 Å². The minimum absolute atomic E-state index is 0.0634. The highest BCUT2D eigenvalue weighted by atomic mass is 16.6. The normalized spacial score (nSPS) is 17.0. The summed E-state index contributed by atoms with van der Waals surface area (Å²) in [5.41, 5.74) is 7.90. The second kappa shape index (κ2) is 13.8. The molecule has 6 nitrogen and oxygen atoms in total. The predicted octanol–water partition coefficient (Wildman–Crippen LogP) is 7.83. The number of aromatic nitrogens is 1. The first-order chi connectivity index (χ1) is 20.5. The van der Waals surface area contributed by atoms with E-state index in [-0.39, 0.29) is 12.1 Å². The smallest absolute Gasteiger partial charge is 0.214 e. The molecule has 1 aromatic heterocycles. The van der Waals surface area contributed by atoms with E-state index in [0.29, 0.717) is 31.6 Å². The van der Waals surface area contributed by atoms with Crippen LogP contribution in [0.1, 0.15) is 55.5 Å². The highest BCUT2D eigenvalue weighted by Gasteiger charge is 2.22. The standard InChI is InChI=1S/C28H26N2O3.C8H15N/c1-17-6-7-19-10-21(17)14-32-22-5-3-4-18(11-22)24-13-27(33-23-15-31-16-23)30-26-9-8-20(12-25(24)26)28(19)29-2;1-4-6-9-7-8(3)5-2/h3-13,23,28-29H,14-16H2,1-2H3;4,6-8H,5H2,1-3H3/b;6-4-,9-7?. The lowest BCUT2D eigenvalue weighted by molar-refractivity contribution is -0.0812. The number of pyridine rings is 1. The Morgan fingerprint density at radius 1 is 1.07 bits per heavy atom. The SMILES string of the molecule is C/C=C\N=CC(C)CC.CNC1c2ccc(C)c(c2)COc2cccc(c2)-c2cc(OC3COC3)nc3ccc1cc23. The molecule has 4 aromatic rings. The van der Waals surface area contributed by atoms with Crippen molar-refractivity contribution in [3.63, 3.8) is 0 Å². The van der Waals surface area contributed by atoms with Crippen LogP contribution in [0.15, 0.2) is 84.0 Å². The third-order valence-electron chi connectivity index (χ3n) is 7.79. The van der Waals surface area contributed by atoms with E-state index in [0.717, 1.165) is 27.8 Å². The number of aliphatic imine (C=N–C) groups is 1. The molecule has 1 saturated heterocycles. The third kappa shape index (κ3) is 6.89. The summed E-state index contributed by atoms with van der Waals surface area (Å²) < 4.78 is 17.6. The van der Waals surface area contributed by atoms with Crippen molar-refractivity contribution in [2.45, 2.75) is 52.9 Å². The molecular formula is C36H41N3O3. The molecule has 6 rings (SSSR count). The molecule has 0 amide bonds. The zero-order valence-corrected chi connectivity index (χ0v) is 25.3. The fraction of sp³-hybridized carbons (Fsp3) is 0.333. The Bertz CT molecular complexity index is 1570. The van der Waals surface area contributed by atoms with E-state index in [1.54, 1.807) is 0 Å². The summed E-state index contributed by atoms with van der Waals surface area (Å²) in [6.45, 7) is 10.2. The van der Waals surface area contributed by atoms with Crippen LogP contribution in [0.2, 0.25) is 0 Å². The molecule has 3 aromatic carbocycles. The summed E-state index contributed by atoms with van der Waals surface area (Å²) >= 11 is 0. The average molecular weight is 564 g/mol. The topological polar surface area (TPSA) is 65.0 Å². The van der Waals surface area contributed by atoms with E-state index in [4.69, 9.17) is 19.2 Å². The molecule has 42 heavy (non-hydrogen) atoms. The van der Waals surface area contributed by atoms with Gasteiger partial charge >= 0.3 is 0 Å². The maximum atomic E-state index is 6.24. The van der Waals surface area contributed by atoms with Gasteiger partial charge in [0.25, 0.3) is 0 Å². The Hall–Kier alpha value is -4.00. The Morgan fingerprint density at radius 2 is 1.88 bits per heavy atom. The number of allylic oxidation sites excluding steroid dienone is 1. The maximum absolute atomic E-state index is 6.24. The highest BCUT2D eigenvalue weighted by Crippen LogP contribution is 2.36. The van der Waals surface area contributed by atoms with Gasteiger partial charge in [0.15, 0.2) is 0 Å². The maximum Gasteiger partial charge on any atom is 0.214 e. The molecule has 0 aliphatic carbocycles. The molecule has 1 N–H and O–H groups in total. The number of nitrogens with zero attached hydrogens (tertiary/aromatic N) is 2. The van der Waals surface area contributed by atoms with Crippen LogP contribution in [0.25, 0.3) is 22.0 Å². The molecular weight excluding hydrogens is 522 g/mol. The lowest BCUT2D eigenvalue weighted by Crippen LogP contribution is -2.38. The first-order valence-corrected chi connectivity index (χ1v) is 14.8. The van der Waals surface area contributed by atoms with Gasteiger partial charge in [-0.2, -0.15) is 0 Å². The zero-order chi connectivity index (χ0) is 29.5. The van der Waals surface area contributed by atoms with Gasteiger partial charge in [-0.1, -0.05) is 56.3 Å². The number of nitrogens with one attached hydrogen (secondary N) is 1. The highest BCUT2D eigenvalue weighted by molar-refractivity contribution is 5.96. The Labute approximate surface area is 249 Å². The molecule has 6 bridgehead atoms. The first-order valence-electron chi connectivity index (χ1n) is 14.8. The number of rotatable bonds is 6. The molecule has 6 heteroatoms. The largest absolute Gasteiger partial charge is 0.489 e. The molecule has 218 valence electrons. The fourth-order valence-electron chi connectivity index (χ4n) is 5.01. The van der Waals surface area contributed by atoms with Crippen molar-refractivity contribution < 1.29 is 14.2 Å². The van der Waals surface area contributed by atoms with Crippen LogP contribution in [0, 0.1) is 12.8 Å². The van der Waals surface area contributed by atoms with Crippen LogP contribution in [0.3, 0.4) is 0 Å². The molecule has 3 heterocycles. The summed E-state index contributed by atoms with van der Waals surface area (Å²) in [6.07, 6.45) is 6.94. The van der Waals surface area contributed by atoms with Gasteiger partial charge in [-0.15, -0.1) is 0 Å². The minimum atomic E-state index is 0.0634. The van der Waals surface area contributed by atoms with Crippen LogP contribution in [0.5, 0.6) is 11.6 Å². The Kier molecular flexibility index (Phi) is 9.67. The van der Waals surface area contributed by atoms with Gasteiger partial charge in [-0.05, 0) is 90.9 Å². The summed E-state index contributed by atoms with van der Waals surface area (Å²) in [4.78, 5) is 8.87. The molecule has 2 aliphatic heterocycles. The quantitative estimate of drug-likeness (QED) is 0.242. The second-order valence-corrected chi connectivity index (χ2v) is 11.0. The first kappa shape index (κ1) is 29.5. The molecule has 0 spiro atoms. The van der Waals surface area contributed by atoms with Crippen molar-refractivity contribution >= 4 is 17.1 Å². The van der Waals surface area contributed by atoms with Gasteiger partial charge in [0.2, 0.25) is 5.88 Å². The lowest BCUT2D eigenvalue weighted by Gasteiger charge is -2.26. The van der Waals surface area contributed by atoms with E-state index < -0.39 is 0 Å². The molecule has 0 saturated carbocycles. The van der Waals surface area contributed by atoms with E-state index in [1.807, 2.05) is 50.7 Å². The van der Waals surface area contributed by atoms with E-state index in [9.17, 15) is 0 Å². The summed E-state index contributed by atoms with van der Waals surface area (Å²) in [6, 6.07) is 23.5. The van der Waals surface area contributed by atoms with Crippen molar-refractivity contribution in [2.24, 2.45) is 10.9 Å². The molecule has 2 aliphatic rings. The van der Waals surface area contributed by atoms with Crippen LogP contribution in [-0.4, -0.2) is 37.6 Å². The van der Waals surface area contributed by atoms with Crippen LogP contribution < -0.4 is 14.8 Å². The fourth-order valence-corrected chi connectivity index (χ4v) is 5.01. The summed E-state index contributed by atoms with van der Waals surface area (Å²) in [5, 5.41) is 4.59. The van der Waals surface area contributed by atoms with Gasteiger partial charge in [-0.25, -0.2) is 4.98 Å². The number of hydrogen-bond donors (Lipinski definition) is 1. The van der Waals surface area contributed by atoms with Crippen molar-refractivity contribution in [3.8, 4) is 22.8 Å². The van der Waals surface area contributed by atoms with E-state index in [1.165, 1.54) is 28.7 Å². The monoisotopic (exact) mass is 563 g/mol. The van der Waals surface area contributed by atoms with Crippen molar-refractivity contribution in [1.29, 1.82) is 0 Å². The van der Waals surface area contributed by atoms with Crippen molar-refractivity contribution in [3.05, 3.63) is 101 Å². The van der Waals surface area contributed by atoms with Gasteiger partial charge in [-0.3, -0.25) is 4.99 Å². The number of ether oxygens (including phenoxy) is 3. The number of aryl methyl sites for hydroxylation is 1. The van der Waals surface area contributed by atoms with E-state index >= 15 is 0 Å². The Morgan fingerprint density at radius 3 is 2.62 bits per heavy atom. The Balaban J connectivity index is 0.000000342. The van der Waals surface area contributed by atoms with Gasteiger partial charge in [0, 0.05) is 23.9 Å². The molecule has 2 atom stereocenters. The average Bonchev–Trinajstić information content (AvgIpc) is 2.99. The van der Waals surface area contributed by atoms with Crippen molar-refractivity contribution in [1.82, 2.24) is 10.3 Å². The van der Waals surface area contributed by atoms with Crippen molar-refractivity contribution in [2.75, 3.05) is 20.3 Å². The minimum Gasteiger partial charge on any atom is -0.489 e. The van der Waals surface area contributed by atoms with Crippen LogP contribution >= 0.6 is 0 Å². The van der Waals surface area contributed by atoms with Gasteiger partial charge in [0.05, 0.1) is 24.8 Å². The van der Waals surface area contributed by atoms with Crippen LogP contribution in [-0.2, 0) is 11.3 Å². The summed E-state index contributed by atoms with van der Waals surface area (Å²) in [7, 11) is 2.00. The summed E-state index contributed by atoms with van der Waals surface area (Å²) in [5.74, 6) is 2.08. The predicted molar refractivity (Wildman–Crippen MR) is 172 cm³/mol. The second-order valence-electron chi connectivity index (χ2n) is 11.0. The third-order valence-corrected chi connectivity index (χ3v) is 7.79. The van der Waals surface area contributed by atoms with Gasteiger partial charge in [0.1, 0.15) is 18.5 Å².